The molecule has 0 amide bonds. The van der Waals surface area contributed by atoms with Crippen molar-refractivity contribution >= 4 is 23.9 Å². The Morgan fingerprint density at radius 2 is 2.12 bits per heavy atom. The monoisotopic (exact) mass is 247 g/mol. The molecule has 0 unspecified atom stereocenters. The second kappa shape index (κ2) is 4.84. The van der Waals surface area contributed by atoms with Crippen molar-refractivity contribution < 1.29 is 4.79 Å². The molecule has 86 valence electrons. The van der Waals surface area contributed by atoms with E-state index in [-0.39, 0.29) is 11.4 Å². The lowest BCUT2D eigenvalue weighted by Gasteiger charge is -2.03. The number of aromatic nitrogens is 2. The number of hydrogen-bond acceptors (Lipinski definition) is 5. The van der Waals surface area contributed by atoms with Gasteiger partial charge in [0.25, 0.3) is 5.56 Å². The third kappa shape index (κ3) is 2.73. The predicted octanol–water partition coefficient (Wildman–Crippen LogP) is 1.32. The third-order valence-corrected chi connectivity index (χ3v) is 2.97. The van der Waals surface area contributed by atoms with E-state index >= 15 is 0 Å². The smallest absolute Gasteiger partial charge is 0.253 e. The summed E-state index contributed by atoms with van der Waals surface area (Å²) >= 11 is 1.19. The maximum atomic E-state index is 11.2. The first-order chi connectivity index (χ1) is 8.19. The van der Waals surface area contributed by atoms with E-state index in [1.807, 2.05) is 0 Å². The summed E-state index contributed by atoms with van der Waals surface area (Å²) in [6.45, 7) is 0. The Morgan fingerprint density at radius 3 is 2.82 bits per heavy atom. The van der Waals surface area contributed by atoms with Gasteiger partial charge in [-0.25, -0.2) is 4.98 Å². The van der Waals surface area contributed by atoms with Crippen LogP contribution in [0.4, 0.5) is 5.82 Å². The van der Waals surface area contributed by atoms with Crippen LogP contribution in [-0.4, -0.2) is 16.3 Å². The highest BCUT2D eigenvalue weighted by Crippen LogP contribution is 2.26. The average Bonchev–Trinajstić information content (AvgIpc) is 2.28. The molecule has 0 radical (unpaired) electrons. The van der Waals surface area contributed by atoms with Gasteiger partial charge in [-0.1, -0.05) is 30.0 Å². The number of benzene rings is 1. The van der Waals surface area contributed by atoms with E-state index in [1.54, 1.807) is 24.3 Å². The number of nitrogens with two attached hydrogens (primary N) is 1. The molecular formula is C11H9N3O2S. The minimum absolute atomic E-state index is 0.153. The van der Waals surface area contributed by atoms with Gasteiger partial charge in [0, 0.05) is 16.5 Å². The second-order valence-electron chi connectivity index (χ2n) is 3.23. The number of rotatable bonds is 3. The van der Waals surface area contributed by atoms with E-state index < -0.39 is 0 Å². The van der Waals surface area contributed by atoms with Gasteiger partial charge in [0.2, 0.25) is 0 Å². The van der Waals surface area contributed by atoms with E-state index in [2.05, 4.69) is 9.97 Å². The number of nitrogens with one attached hydrogen (secondary N) is 1. The lowest BCUT2D eigenvalue weighted by molar-refractivity contribution is 0.112. The van der Waals surface area contributed by atoms with E-state index in [1.165, 1.54) is 17.8 Å². The van der Waals surface area contributed by atoms with Gasteiger partial charge in [0.15, 0.2) is 11.4 Å². The summed E-state index contributed by atoms with van der Waals surface area (Å²) in [7, 11) is 0. The molecule has 0 saturated heterocycles. The Bertz CT molecular complexity index is 610. The molecule has 5 nitrogen and oxygen atoms in total. The van der Waals surface area contributed by atoms with E-state index in [9.17, 15) is 9.59 Å². The Morgan fingerprint density at radius 1 is 1.35 bits per heavy atom. The van der Waals surface area contributed by atoms with Crippen LogP contribution in [0.2, 0.25) is 0 Å². The summed E-state index contributed by atoms with van der Waals surface area (Å²) in [5.74, 6) is 0.153. The number of nitrogens with zero attached hydrogens (tertiary/aromatic N) is 1. The van der Waals surface area contributed by atoms with Crippen LogP contribution in [0.15, 0.2) is 45.2 Å². The molecule has 0 fully saturated rings. The van der Waals surface area contributed by atoms with Crippen molar-refractivity contribution in [2.45, 2.75) is 10.1 Å². The Kier molecular flexibility index (Phi) is 3.24. The van der Waals surface area contributed by atoms with Crippen LogP contribution in [0, 0.1) is 0 Å². The van der Waals surface area contributed by atoms with Crippen molar-refractivity contribution in [3.63, 3.8) is 0 Å². The number of aromatic amines is 1. The molecule has 0 aliphatic rings. The van der Waals surface area contributed by atoms with Gasteiger partial charge in [-0.15, -0.1) is 0 Å². The average molecular weight is 247 g/mol. The summed E-state index contributed by atoms with van der Waals surface area (Å²) in [5.41, 5.74) is 5.70. The first-order valence-electron chi connectivity index (χ1n) is 4.78. The predicted molar refractivity (Wildman–Crippen MR) is 65.2 cm³/mol. The van der Waals surface area contributed by atoms with E-state index in [4.69, 9.17) is 5.73 Å². The number of carbonyl (C=O) groups is 1. The Balaban J connectivity index is 2.37. The van der Waals surface area contributed by atoms with Crippen LogP contribution in [0.5, 0.6) is 0 Å². The summed E-state index contributed by atoms with van der Waals surface area (Å²) in [6, 6.07) is 8.25. The lowest BCUT2D eigenvalue weighted by atomic mass is 10.2. The van der Waals surface area contributed by atoms with Gasteiger partial charge in [-0.2, -0.15) is 0 Å². The highest BCUT2D eigenvalue weighted by Gasteiger charge is 2.05. The molecule has 3 N–H and O–H groups in total. The molecule has 0 atom stereocenters. The first kappa shape index (κ1) is 11.4. The van der Waals surface area contributed by atoms with Crippen molar-refractivity contribution in [1.29, 1.82) is 0 Å². The maximum Gasteiger partial charge on any atom is 0.253 e. The summed E-state index contributed by atoms with van der Waals surface area (Å²) in [6.07, 6.45) is 0.757. The van der Waals surface area contributed by atoms with Crippen molar-refractivity contribution in [3.05, 3.63) is 46.2 Å². The van der Waals surface area contributed by atoms with Gasteiger partial charge >= 0.3 is 0 Å². The van der Waals surface area contributed by atoms with Crippen LogP contribution in [0.25, 0.3) is 0 Å². The molecule has 0 bridgehead atoms. The molecule has 0 saturated carbocycles. The lowest BCUT2D eigenvalue weighted by Crippen LogP contribution is -2.09. The van der Waals surface area contributed by atoms with E-state index in [0.29, 0.717) is 10.7 Å². The molecule has 6 heteroatoms. The number of nitrogen functional groups attached to an aromatic ring is 1. The topological polar surface area (TPSA) is 88.8 Å². The van der Waals surface area contributed by atoms with Gasteiger partial charge in [0.05, 0.1) is 0 Å². The van der Waals surface area contributed by atoms with Crippen LogP contribution >= 0.6 is 11.8 Å². The van der Waals surface area contributed by atoms with Gasteiger partial charge in [-0.3, -0.25) is 9.59 Å². The zero-order valence-corrected chi connectivity index (χ0v) is 9.53. The molecule has 2 aromatic rings. The van der Waals surface area contributed by atoms with Gasteiger partial charge < -0.3 is 10.7 Å². The van der Waals surface area contributed by atoms with Crippen LogP contribution in [0.3, 0.4) is 0 Å². The van der Waals surface area contributed by atoms with Gasteiger partial charge in [-0.05, 0) is 6.07 Å². The quantitative estimate of drug-likeness (QED) is 0.630. The molecule has 1 heterocycles. The summed E-state index contributed by atoms with van der Waals surface area (Å²) < 4.78 is 0. The fourth-order valence-corrected chi connectivity index (χ4v) is 2.17. The molecule has 1 aromatic heterocycles. The molecule has 1 aromatic carbocycles. The fraction of sp³-hybridized carbons (Fsp3) is 0. The number of anilines is 1. The fourth-order valence-electron chi connectivity index (χ4n) is 1.28. The maximum absolute atomic E-state index is 11.2. The summed E-state index contributed by atoms with van der Waals surface area (Å²) in [5, 5.41) is 0.365. The highest BCUT2D eigenvalue weighted by molar-refractivity contribution is 7.99. The molecule has 0 aliphatic carbocycles. The van der Waals surface area contributed by atoms with Crippen molar-refractivity contribution in [2.24, 2.45) is 0 Å². The zero-order valence-electron chi connectivity index (χ0n) is 8.71. The van der Waals surface area contributed by atoms with Crippen LogP contribution < -0.4 is 11.3 Å². The molecule has 0 aliphatic heterocycles. The SMILES string of the molecule is Nc1cc(=O)[nH]c(Sc2ccccc2C=O)n1. The minimum Gasteiger partial charge on any atom is -0.383 e. The normalized spacial score (nSPS) is 10.1. The van der Waals surface area contributed by atoms with Crippen molar-refractivity contribution in [3.8, 4) is 0 Å². The molecule has 0 spiro atoms. The molecule has 17 heavy (non-hydrogen) atoms. The minimum atomic E-state index is -0.316. The summed E-state index contributed by atoms with van der Waals surface area (Å²) in [4.78, 5) is 29.3. The standard InChI is InChI=1S/C11H9N3O2S/c12-9-5-10(16)14-11(13-9)17-8-4-2-1-3-7(8)6-15/h1-6H,(H3,12,13,14,16). The number of aldehydes is 1. The number of H-pyrrole nitrogens is 1. The first-order valence-corrected chi connectivity index (χ1v) is 5.59. The molecular weight excluding hydrogens is 238 g/mol. The highest BCUT2D eigenvalue weighted by atomic mass is 32.2. The van der Waals surface area contributed by atoms with Crippen molar-refractivity contribution in [2.75, 3.05) is 5.73 Å². The largest absolute Gasteiger partial charge is 0.383 e. The van der Waals surface area contributed by atoms with Crippen LogP contribution in [0.1, 0.15) is 10.4 Å². The van der Waals surface area contributed by atoms with Crippen molar-refractivity contribution in [1.82, 2.24) is 9.97 Å². The Hall–Kier alpha value is -2.08. The van der Waals surface area contributed by atoms with E-state index in [0.717, 1.165) is 11.2 Å². The second-order valence-corrected chi connectivity index (χ2v) is 4.26. The number of hydrogen-bond donors (Lipinski definition) is 2. The Labute approximate surface area is 101 Å². The third-order valence-electron chi connectivity index (χ3n) is 1.99. The van der Waals surface area contributed by atoms with Gasteiger partial charge in [0.1, 0.15) is 5.82 Å². The molecule has 2 rings (SSSR count). The zero-order chi connectivity index (χ0) is 12.3. The number of carbonyl (C=O) groups excluding carboxylic acids is 1. The van der Waals surface area contributed by atoms with Crippen LogP contribution in [-0.2, 0) is 0 Å².